The number of ether oxygens (including phenoxy) is 1. The Morgan fingerprint density at radius 1 is 1.31 bits per heavy atom. The first kappa shape index (κ1) is 24.2. The van der Waals surface area contributed by atoms with Crippen LogP contribution >= 0.6 is 11.6 Å². The normalized spacial score (nSPS) is 18.4. The van der Waals surface area contributed by atoms with E-state index in [2.05, 4.69) is 16.7 Å². The Balaban J connectivity index is 1.40. The Bertz CT molecular complexity index is 1320. The van der Waals surface area contributed by atoms with Gasteiger partial charge in [-0.25, -0.2) is 0 Å². The molecule has 1 atom stereocenters. The fourth-order valence-corrected chi connectivity index (χ4v) is 4.90. The topological polar surface area (TPSA) is 77.5 Å². The van der Waals surface area contributed by atoms with Crippen LogP contribution in [-0.4, -0.2) is 55.3 Å². The number of fused-ring (bicyclic) bond motifs is 1. The third kappa shape index (κ3) is 4.92. The van der Waals surface area contributed by atoms with Gasteiger partial charge in [0.2, 0.25) is 0 Å². The molecule has 8 nitrogen and oxygen atoms in total. The number of rotatable bonds is 7. The minimum Gasteiger partial charge on any atom is -0.373 e. The molecular weight excluding hydrogens is 476 g/mol. The molecule has 2 aliphatic rings. The Labute approximate surface area is 215 Å². The Hall–Kier alpha value is -3.49. The van der Waals surface area contributed by atoms with Gasteiger partial charge >= 0.3 is 0 Å². The van der Waals surface area contributed by atoms with Crippen molar-refractivity contribution in [2.45, 2.75) is 45.5 Å². The van der Waals surface area contributed by atoms with Crippen LogP contribution in [-0.2, 0) is 24.4 Å². The fourth-order valence-electron chi connectivity index (χ4n) is 4.85. The van der Waals surface area contributed by atoms with Crippen LogP contribution in [0.15, 0.2) is 71.6 Å². The van der Waals surface area contributed by atoms with Crippen molar-refractivity contribution in [2.24, 2.45) is 4.99 Å². The summed E-state index contributed by atoms with van der Waals surface area (Å²) in [6.45, 7) is 8.61. The van der Waals surface area contributed by atoms with Crippen molar-refractivity contribution < 1.29 is 9.53 Å². The van der Waals surface area contributed by atoms with Gasteiger partial charge in [0.05, 0.1) is 49.9 Å². The maximum Gasteiger partial charge on any atom is 0.275 e. The number of carbonyl (C=O) groups is 1. The maximum absolute atomic E-state index is 13.9. The van der Waals surface area contributed by atoms with Gasteiger partial charge in [-0.1, -0.05) is 48.5 Å². The summed E-state index contributed by atoms with van der Waals surface area (Å²) >= 11 is 5.91. The van der Waals surface area contributed by atoms with E-state index in [4.69, 9.17) is 21.4 Å². The molecule has 9 heteroatoms. The van der Waals surface area contributed by atoms with Crippen LogP contribution in [0.1, 0.15) is 41.5 Å². The number of benzene rings is 1. The van der Waals surface area contributed by atoms with Crippen LogP contribution in [0.3, 0.4) is 0 Å². The lowest BCUT2D eigenvalue weighted by Gasteiger charge is -2.24. The number of hydrogen-bond donors (Lipinski definition) is 0. The Kier molecular flexibility index (Phi) is 7.16. The van der Waals surface area contributed by atoms with E-state index in [9.17, 15) is 4.79 Å². The molecule has 4 heterocycles. The quantitative estimate of drug-likeness (QED) is 0.438. The summed E-state index contributed by atoms with van der Waals surface area (Å²) in [5.74, 6) is -0.0401. The van der Waals surface area contributed by atoms with Crippen molar-refractivity contribution in [2.75, 3.05) is 13.2 Å². The fraction of sp³-hybridized carbons (Fsp3) is 0.333. The minimum absolute atomic E-state index is 0.0259. The van der Waals surface area contributed by atoms with Gasteiger partial charge < -0.3 is 9.64 Å². The van der Waals surface area contributed by atoms with Crippen LogP contribution < -0.4 is 0 Å². The lowest BCUT2D eigenvalue weighted by atomic mass is 10.0. The third-order valence-corrected chi connectivity index (χ3v) is 6.65. The average Bonchev–Trinajstić information content (AvgIpc) is 3.63. The molecule has 36 heavy (non-hydrogen) atoms. The zero-order chi connectivity index (χ0) is 25.1. The van der Waals surface area contributed by atoms with E-state index in [-0.39, 0.29) is 11.9 Å². The van der Waals surface area contributed by atoms with Crippen molar-refractivity contribution in [3.8, 4) is 11.1 Å². The molecule has 5 rings (SSSR count). The summed E-state index contributed by atoms with van der Waals surface area (Å²) in [5, 5.41) is 9.87. The van der Waals surface area contributed by atoms with Gasteiger partial charge in [-0.15, -0.1) is 0 Å². The third-order valence-electron chi connectivity index (χ3n) is 6.55. The first-order chi connectivity index (χ1) is 17.5. The molecule has 1 aromatic carbocycles. The molecule has 2 aliphatic heterocycles. The monoisotopic (exact) mass is 504 g/mol. The van der Waals surface area contributed by atoms with Gasteiger partial charge in [-0.3, -0.25) is 19.2 Å². The molecule has 186 valence electrons. The van der Waals surface area contributed by atoms with Crippen LogP contribution in [0.5, 0.6) is 0 Å². The molecule has 0 bridgehead atoms. The number of carbonyl (C=O) groups excluding carboxylic acids is 1. The molecule has 3 aromatic rings. The molecule has 0 spiro atoms. The first-order valence-corrected chi connectivity index (χ1v) is 12.5. The molecule has 0 aliphatic carbocycles. The van der Waals surface area contributed by atoms with Crippen LogP contribution in [0.25, 0.3) is 11.1 Å². The smallest absolute Gasteiger partial charge is 0.275 e. The van der Waals surface area contributed by atoms with E-state index in [0.29, 0.717) is 49.3 Å². The molecule has 2 aromatic heterocycles. The van der Waals surface area contributed by atoms with Crippen molar-refractivity contribution in [1.82, 2.24) is 24.5 Å². The molecule has 0 saturated carbocycles. The Morgan fingerprint density at radius 2 is 2.14 bits per heavy atom. The summed E-state index contributed by atoms with van der Waals surface area (Å²) in [7, 11) is 0. The van der Waals surface area contributed by atoms with E-state index in [1.165, 1.54) is 0 Å². The van der Waals surface area contributed by atoms with Gasteiger partial charge in [0.25, 0.3) is 5.91 Å². The summed E-state index contributed by atoms with van der Waals surface area (Å²) in [4.78, 5) is 20.2. The standard InChI is InChI=1S/C27H29ClN6O2/c1-3-23(29-14-19(2)28)21-15-30-32(16-21)17-22-10-7-11-33(22)27(35)26-25(20-8-5-4-6-9-20)24-18-36-13-12-34(24)31-26/h3-6,8-9,14-16,22H,1,7,10-13,17-18H2,2H3/b19-14+,29-23?/t22-/m0/s1. The SMILES string of the molecule is C=CC(=N/C=C(\C)Cl)c1cnn(C[C@@H]2CCCN2C(=O)c2nn3c(c2-c2ccccc2)COCC3)c1. The molecule has 0 radical (unpaired) electrons. The molecule has 1 amide bonds. The highest BCUT2D eigenvalue weighted by Crippen LogP contribution is 2.32. The van der Waals surface area contributed by atoms with Gasteiger partial charge in [0, 0.05) is 35.1 Å². The summed E-state index contributed by atoms with van der Waals surface area (Å²) in [6.07, 6.45) is 8.82. The lowest BCUT2D eigenvalue weighted by Crippen LogP contribution is -2.38. The van der Waals surface area contributed by atoms with E-state index < -0.39 is 0 Å². The van der Waals surface area contributed by atoms with Crippen LogP contribution in [0, 0.1) is 0 Å². The number of amides is 1. The van der Waals surface area contributed by atoms with Gasteiger partial charge in [-0.2, -0.15) is 10.2 Å². The predicted octanol–water partition coefficient (Wildman–Crippen LogP) is 4.66. The van der Waals surface area contributed by atoms with Crippen molar-refractivity contribution in [1.29, 1.82) is 0 Å². The number of aromatic nitrogens is 4. The highest BCUT2D eigenvalue weighted by molar-refractivity contribution is 6.29. The molecule has 0 unspecified atom stereocenters. The van der Waals surface area contributed by atoms with Gasteiger partial charge in [0.15, 0.2) is 5.69 Å². The highest BCUT2D eigenvalue weighted by atomic mass is 35.5. The zero-order valence-electron chi connectivity index (χ0n) is 20.3. The van der Waals surface area contributed by atoms with Gasteiger partial charge in [-0.05, 0) is 31.4 Å². The second-order valence-corrected chi connectivity index (χ2v) is 9.59. The van der Waals surface area contributed by atoms with E-state index >= 15 is 0 Å². The molecule has 1 saturated heterocycles. The van der Waals surface area contributed by atoms with Crippen LogP contribution in [0.2, 0.25) is 0 Å². The maximum atomic E-state index is 13.9. The number of nitrogens with zero attached hydrogens (tertiary/aromatic N) is 6. The summed E-state index contributed by atoms with van der Waals surface area (Å²) in [5.41, 5.74) is 4.86. The summed E-state index contributed by atoms with van der Waals surface area (Å²) < 4.78 is 9.51. The molecular formula is C27H29ClN6O2. The molecule has 0 N–H and O–H groups in total. The highest BCUT2D eigenvalue weighted by Gasteiger charge is 2.34. The van der Waals surface area contributed by atoms with Crippen molar-refractivity contribution >= 4 is 23.2 Å². The predicted molar refractivity (Wildman–Crippen MR) is 140 cm³/mol. The van der Waals surface area contributed by atoms with E-state index in [1.807, 2.05) is 50.8 Å². The van der Waals surface area contributed by atoms with Crippen molar-refractivity contribution in [3.05, 3.63) is 83.6 Å². The number of aliphatic imine (C=N–C) groups is 1. The van der Waals surface area contributed by atoms with Gasteiger partial charge in [0.1, 0.15) is 0 Å². The second-order valence-electron chi connectivity index (χ2n) is 8.99. The number of allylic oxidation sites excluding steroid dienone is 2. The zero-order valence-corrected chi connectivity index (χ0v) is 21.1. The Morgan fingerprint density at radius 3 is 2.92 bits per heavy atom. The minimum atomic E-state index is -0.0401. The van der Waals surface area contributed by atoms with E-state index in [0.717, 1.165) is 35.2 Å². The summed E-state index contributed by atoms with van der Waals surface area (Å²) in [6, 6.07) is 10.0. The largest absolute Gasteiger partial charge is 0.373 e. The second kappa shape index (κ2) is 10.6. The van der Waals surface area contributed by atoms with E-state index in [1.54, 1.807) is 25.4 Å². The van der Waals surface area contributed by atoms with Crippen molar-refractivity contribution in [3.63, 3.8) is 0 Å². The first-order valence-electron chi connectivity index (χ1n) is 12.1. The molecule has 1 fully saturated rings. The number of likely N-dealkylation sites (tertiary alicyclic amines) is 1. The number of hydrogen-bond acceptors (Lipinski definition) is 5. The lowest BCUT2D eigenvalue weighted by molar-refractivity contribution is 0.0709. The number of halogens is 1. The van der Waals surface area contributed by atoms with Crippen LogP contribution in [0.4, 0.5) is 0 Å². The average molecular weight is 505 g/mol.